The van der Waals surface area contributed by atoms with Crippen molar-refractivity contribution < 1.29 is 4.39 Å². The second-order valence-electron chi connectivity index (χ2n) is 2.97. The van der Waals surface area contributed by atoms with E-state index in [2.05, 4.69) is 17.9 Å². The maximum atomic E-state index is 12.9. The van der Waals surface area contributed by atoms with Crippen molar-refractivity contribution in [2.75, 3.05) is 5.32 Å². The number of thiol groups is 1. The lowest BCUT2D eigenvalue weighted by Gasteiger charge is -2.09. The summed E-state index contributed by atoms with van der Waals surface area (Å²) in [6.07, 6.45) is 0. The van der Waals surface area contributed by atoms with Crippen LogP contribution in [0.2, 0.25) is 0 Å². The molecule has 0 fully saturated rings. The van der Waals surface area contributed by atoms with Crippen molar-refractivity contribution in [2.24, 2.45) is 0 Å². The number of nitrogens with one attached hydrogen (secondary N) is 1. The Bertz CT molecular complexity index is 273. The van der Waals surface area contributed by atoms with E-state index in [1.165, 1.54) is 6.07 Å². The first-order chi connectivity index (χ1) is 5.59. The summed E-state index contributed by atoms with van der Waals surface area (Å²) in [5.74, 6) is -0.288. The molecule has 0 heterocycles. The van der Waals surface area contributed by atoms with Gasteiger partial charge in [-0.25, -0.2) is 4.39 Å². The first kappa shape index (κ1) is 9.39. The Morgan fingerprint density at radius 3 is 2.58 bits per heavy atom. The first-order valence-corrected chi connectivity index (χ1v) is 4.29. The summed E-state index contributed by atoms with van der Waals surface area (Å²) in [6.45, 7) is 4.01. The van der Waals surface area contributed by atoms with Crippen molar-refractivity contribution in [3.8, 4) is 0 Å². The monoisotopic (exact) mass is 185 g/mol. The first-order valence-electron chi connectivity index (χ1n) is 3.84. The van der Waals surface area contributed by atoms with Gasteiger partial charge >= 0.3 is 0 Å². The summed E-state index contributed by atoms with van der Waals surface area (Å²) in [5.41, 5.74) is 0.792. The van der Waals surface area contributed by atoms with E-state index in [0.717, 1.165) is 5.69 Å². The molecule has 0 aromatic heterocycles. The van der Waals surface area contributed by atoms with Crippen LogP contribution in [0, 0.1) is 5.82 Å². The predicted molar refractivity (Wildman–Crippen MR) is 52.4 cm³/mol. The minimum absolute atomic E-state index is 0.288. The smallest absolute Gasteiger partial charge is 0.138 e. The number of rotatable bonds is 2. The maximum absolute atomic E-state index is 12.9. The van der Waals surface area contributed by atoms with Gasteiger partial charge in [-0.2, -0.15) is 0 Å². The molecule has 0 atom stereocenters. The number of hydrogen-bond donors (Lipinski definition) is 2. The lowest BCUT2D eigenvalue weighted by atomic mass is 10.3. The molecular formula is C9H12FNS. The molecule has 0 aliphatic carbocycles. The fourth-order valence-electron chi connectivity index (χ4n) is 0.930. The second-order valence-corrected chi connectivity index (χ2v) is 3.45. The molecule has 1 aromatic carbocycles. The van der Waals surface area contributed by atoms with Crippen LogP contribution >= 0.6 is 12.6 Å². The Balaban J connectivity index is 2.82. The van der Waals surface area contributed by atoms with Crippen molar-refractivity contribution in [3.63, 3.8) is 0 Å². The quantitative estimate of drug-likeness (QED) is 0.675. The minimum atomic E-state index is -0.288. The standard InChI is InChI=1S/C9H12FNS/c1-6(2)11-7-3-4-9(12)8(10)5-7/h3-6,11-12H,1-2H3. The van der Waals surface area contributed by atoms with Gasteiger partial charge in [0.1, 0.15) is 5.82 Å². The summed E-state index contributed by atoms with van der Waals surface area (Å²) in [7, 11) is 0. The van der Waals surface area contributed by atoms with Crippen molar-refractivity contribution in [3.05, 3.63) is 24.0 Å². The van der Waals surface area contributed by atoms with Crippen LogP contribution in [-0.2, 0) is 0 Å². The van der Waals surface area contributed by atoms with E-state index in [4.69, 9.17) is 0 Å². The molecule has 12 heavy (non-hydrogen) atoms. The highest BCUT2D eigenvalue weighted by Crippen LogP contribution is 2.17. The van der Waals surface area contributed by atoms with E-state index in [-0.39, 0.29) is 5.82 Å². The van der Waals surface area contributed by atoms with Crippen molar-refractivity contribution in [1.29, 1.82) is 0 Å². The van der Waals surface area contributed by atoms with Crippen molar-refractivity contribution in [1.82, 2.24) is 0 Å². The molecule has 1 aromatic rings. The molecule has 66 valence electrons. The van der Waals surface area contributed by atoms with E-state index in [0.29, 0.717) is 10.9 Å². The Hall–Kier alpha value is -0.700. The summed E-state index contributed by atoms with van der Waals surface area (Å²) in [4.78, 5) is 0.379. The topological polar surface area (TPSA) is 12.0 Å². The molecular weight excluding hydrogens is 173 g/mol. The third-order valence-corrected chi connectivity index (χ3v) is 1.77. The van der Waals surface area contributed by atoms with Gasteiger partial charge in [0.2, 0.25) is 0 Å². The van der Waals surface area contributed by atoms with Crippen LogP contribution in [-0.4, -0.2) is 6.04 Å². The number of hydrogen-bond acceptors (Lipinski definition) is 2. The molecule has 0 bridgehead atoms. The van der Waals surface area contributed by atoms with Gasteiger partial charge < -0.3 is 5.32 Å². The maximum Gasteiger partial charge on any atom is 0.138 e. The van der Waals surface area contributed by atoms with Gasteiger partial charge in [-0.3, -0.25) is 0 Å². The molecule has 0 saturated heterocycles. The highest BCUT2D eigenvalue weighted by atomic mass is 32.1. The molecule has 3 heteroatoms. The Labute approximate surface area is 77.4 Å². The molecule has 1 rings (SSSR count). The van der Waals surface area contributed by atoms with Crippen LogP contribution in [0.1, 0.15) is 13.8 Å². The zero-order valence-electron chi connectivity index (χ0n) is 7.13. The number of anilines is 1. The molecule has 0 radical (unpaired) electrons. The van der Waals surface area contributed by atoms with Gasteiger partial charge in [0.05, 0.1) is 0 Å². The SMILES string of the molecule is CC(C)Nc1ccc(S)c(F)c1. The van der Waals surface area contributed by atoms with Crippen LogP contribution in [0.25, 0.3) is 0 Å². The fraction of sp³-hybridized carbons (Fsp3) is 0.333. The molecule has 0 amide bonds. The summed E-state index contributed by atoms with van der Waals surface area (Å²) in [5, 5.41) is 3.10. The van der Waals surface area contributed by atoms with Crippen LogP contribution < -0.4 is 5.32 Å². The van der Waals surface area contributed by atoms with Gasteiger partial charge in [0.15, 0.2) is 0 Å². The van der Waals surface area contributed by atoms with Crippen LogP contribution in [0.15, 0.2) is 23.1 Å². The molecule has 0 unspecified atom stereocenters. The molecule has 0 aliphatic rings. The molecule has 0 spiro atoms. The van der Waals surface area contributed by atoms with E-state index in [9.17, 15) is 4.39 Å². The number of benzene rings is 1. The highest BCUT2D eigenvalue weighted by molar-refractivity contribution is 7.80. The van der Waals surface area contributed by atoms with E-state index >= 15 is 0 Å². The summed E-state index contributed by atoms with van der Waals surface area (Å²) in [6, 6.07) is 5.21. The lowest BCUT2D eigenvalue weighted by molar-refractivity contribution is 0.603. The Morgan fingerprint density at radius 1 is 1.42 bits per heavy atom. The second kappa shape index (κ2) is 3.81. The molecule has 0 aliphatic heterocycles. The van der Waals surface area contributed by atoms with Gasteiger partial charge in [-0.15, -0.1) is 12.6 Å². The van der Waals surface area contributed by atoms with E-state index in [1.54, 1.807) is 6.07 Å². The van der Waals surface area contributed by atoms with Crippen molar-refractivity contribution in [2.45, 2.75) is 24.8 Å². The van der Waals surface area contributed by atoms with Crippen LogP contribution in [0.5, 0.6) is 0 Å². The van der Waals surface area contributed by atoms with Crippen LogP contribution in [0.3, 0.4) is 0 Å². The van der Waals surface area contributed by atoms with Gasteiger partial charge in [0, 0.05) is 16.6 Å². The fourth-order valence-corrected chi connectivity index (χ4v) is 1.07. The van der Waals surface area contributed by atoms with E-state index < -0.39 is 0 Å². The molecule has 1 nitrogen and oxygen atoms in total. The largest absolute Gasteiger partial charge is 0.383 e. The third-order valence-electron chi connectivity index (χ3n) is 1.40. The minimum Gasteiger partial charge on any atom is -0.383 e. The highest BCUT2D eigenvalue weighted by Gasteiger charge is 2.00. The number of halogens is 1. The normalized spacial score (nSPS) is 10.4. The Kier molecular flexibility index (Phi) is 2.98. The molecule has 1 N–H and O–H groups in total. The predicted octanol–water partition coefficient (Wildman–Crippen LogP) is 2.93. The van der Waals surface area contributed by atoms with E-state index in [1.807, 2.05) is 19.9 Å². The van der Waals surface area contributed by atoms with Gasteiger partial charge in [-0.05, 0) is 32.0 Å². The average Bonchev–Trinajstić information content (AvgIpc) is 1.96. The molecule has 0 saturated carbocycles. The van der Waals surface area contributed by atoms with Gasteiger partial charge in [0.25, 0.3) is 0 Å². The summed E-state index contributed by atoms with van der Waals surface area (Å²) < 4.78 is 12.9. The average molecular weight is 185 g/mol. The zero-order valence-corrected chi connectivity index (χ0v) is 8.03. The lowest BCUT2D eigenvalue weighted by Crippen LogP contribution is -2.09. The zero-order chi connectivity index (χ0) is 9.14. The van der Waals surface area contributed by atoms with Crippen LogP contribution in [0.4, 0.5) is 10.1 Å². The summed E-state index contributed by atoms with van der Waals surface area (Å²) >= 11 is 3.93. The van der Waals surface area contributed by atoms with Gasteiger partial charge in [-0.1, -0.05) is 0 Å². The Morgan fingerprint density at radius 2 is 2.08 bits per heavy atom. The third kappa shape index (κ3) is 2.41. The van der Waals surface area contributed by atoms with Crippen molar-refractivity contribution >= 4 is 18.3 Å².